The lowest BCUT2D eigenvalue weighted by Gasteiger charge is -2.46. The molecule has 0 amide bonds. The predicted octanol–water partition coefficient (Wildman–Crippen LogP) is 4.74. The van der Waals surface area contributed by atoms with Crippen LogP contribution in [0.15, 0.2) is 0 Å². The van der Waals surface area contributed by atoms with Gasteiger partial charge in [-0.3, -0.25) is 0 Å². The molecular weight excluding hydrogens is 180 g/mol. The van der Waals surface area contributed by atoms with E-state index in [1.165, 1.54) is 32.1 Å². The van der Waals surface area contributed by atoms with Gasteiger partial charge in [-0.25, -0.2) is 0 Å². The molecule has 2 aliphatic carbocycles. The van der Waals surface area contributed by atoms with E-state index >= 15 is 0 Å². The van der Waals surface area contributed by atoms with Crippen molar-refractivity contribution in [2.75, 3.05) is 0 Å². The maximum atomic E-state index is 2.50. The minimum atomic E-state index is 0.903. The first-order valence-electron chi connectivity index (χ1n) is 7.09. The summed E-state index contributed by atoms with van der Waals surface area (Å²) in [4.78, 5) is 0. The SMILES string of the molecule is CC(C)C1CCC(C2CCC2C)CC1C. The van der Waals surface area contributed by atoms with Crippen LogP contribution in [0.2, 0.25) is 0 Å². The Balaban J connectivity index is 1.88. The molecule has 0 aliphatic heterocycles. The number of hydrogen-bond donors (Lipinski definition) is 0. The van der Waals surface area contributed by atoms with Crippen molar-refractivity contribution in [2.45, 2.75) is 59.8 Å². The first-order valence-corrected chi connectivity index (χ1v) is 7.09. The van der Waals surface area contributed by atoms with Crippen LogP contribution in [0, 0.1) is 35.5 Å². The van der Waals surface area contributed by atoms with Crippen LogP contribution in [0.25, 0.3) is 0 Å². The Morgan fingerprint density at radius 2 is 1.60 bits per heavy atom. The molecule has 0 heteroatoms. The van der Waals surface area contributed by atoms with Gasteiger partial charge >= 0.3 is 0 Å². The highest BCUT2D eigenvalue weighted by molar-refractivity contribution is 4.88. The molecule has 0 heterocycles. The van der Waals surface area contributed by atoms with Crippen LogP contribution in [0.5, 0.6) is 0 Å². The van der Waals surface area contributed by atoms with Crippen LogP contribution in [0.3, 0.4) is 0 Å². The topological polar surface area (TPSA) is 0 Å². The van der Waals surface area contributed by atoms with Gasteiger partial charge in [0.15, 0.2) is 0 Å². The predicted molar refractivity (Wildman–Crippen MR) is 66.7 cm³/mol. The zero-order valence-corrected chi connectivity index (χ0v) is 11.0. The molecule has 0 aromatic rings. The van der Waals surface area contributed by atoms with Gasteiger partial charge in [-0.1, -0.05) is 34.1 Å². The van der Waals surface area contributed by atoms with Gasteiger partial charge in [0.25, 0.3) is 0 Å². The highest BCUT2D eigenvalue weighted by Crippen LogP contribution is 2.48. The summed E-state index contributed by atoms with van der Waals surface area (Å²) in [5.41, 5.74) is 0. The summed E-state index contributed by atoms with van der Waals surface area (Å²) in [5.74, 6) is 6.12. The van der Waals surface area contributed by atoms with Crippen molar-refractivity contribution in [3.8, 4) is 0 Å². The molecule has 2 aliphatic rings. The van der Waals surface area contributed by atoms with Crippen LogP contribution in [0.1, 0.15) is 59.8 Å². The molecule has 0 aromatic carbocycles. The standard InChI is InChI=1S/C15H28/c1-10(2)14-8-6-13(9-12(14)4)15-7-5-11(15)3/h10-15H,5-9H2,1-4H3. The first kappa shape index (κ1) is 11.5. The van der Waals surface area contributed by atoms with Gasteiger partial charge in [0, 0.05) is 0 Å². The molecule has 0 aromatic heterocycles. The average molecular weight is 208 g/mol. The molecule has 0 nitrogen and oxygen atoms in total. The summed E-state index contributed by atoms with van der Waals surface area (Å²) in [6.07, 6.45) is 7.60. The van der Waals surface area contributed by atoms with E-state index in [0.29, 0.717) is 0 Å². The third kappa shape index (κ3) is 2.24. The lowest BCUT2D eigenvalue weighted by atomic mass is 9.60. The second kappa shape index (κ2) is 4.47. The van der Waals surface area contributed by atoms with Crippen LogP contribution >= 0.6 is 0 Å². The van der Waals surface area contributed by atoms with E-state index in [-0.39, 0.29) is 0 Å². The van der Waals surface area contributed by atoms with Gasteiger partial charge < -0.3 is 0 Å². The smallest absolute Gasteiger partial charge is 0.0360 e. The molecule has 0 radical (unpaired) electrons. The minimum Gasteiger partial charge on any atom is -0.0625 e. The van der Waals surface area contributed by atoms with Crippen molar-refractivity contribution in [2.24, 2.45) is 35.5 Å². The molecule has 2 rings (SSSR count). The summed E-state index contributed by atoms with van der Waals surface area (Å²) in [6, 6.07) is 0. The normalized spacial score (nSPS) is 46.6. The van der Waals surface area contributed by atoms with Gasteiger partial charge in [0.2, 0.25) is 0 Å². The molecule has 0 bridgehead atoms. The van der Waals surface area contributed by atoms with Crippen molar-refractivity contribution in [1.29, 1.82) is 0 Å². The summed E-state index contributed by atoms with van der Waals surface area (Å²) in [7, 11) is 0. The molecule has 0 spiro atoms. The fourth-order valence-corrected chi connectivity index (χ4v) is 4.23. The fourth-order valence-electron chi connectivity index (χ4n) is 4.23. The summed E-state index contributed by atoms with van der Waals surface area (Å²) in [5, 5.41) is 0. The van der Waals surface area contributed by atoms with Gasteiger partial charge in [-0.15, -0.1) is 0 Å². The molecular formula is C15H28. The summed E-state index contributed by atoms with van der Waals surface area (Å²) >= 11 is 0. The number of rotatable bonds is 2. The third-order valence-corrected chi connectivity index (χ3v) is 5.42. The maximum absolute atomic E-state index is 2.50. The fraction of sp³-hybridized carbons (Fsp3) is 1.00. The monoisotopic (exact) mass is 208 g/mol. The van der Waals surface area contributed by atoms with Gasteiger partial charge in [0.05, 0.1) is 0 Å². The lowest BCUT2D eigenvalue weighted by molar-refractivity contribution is 0.0453. The van der Waals surface area contributed by atoms with Crippen molar-refractivity contribution in [3.63, 3.8) is 0 Å². The van der Waals surface area contributed by atoms with Crippen LogP contribution in [-0.4, -0.2) is 0 Å². The highest BCUT2D eigenvalue weighted by atomic mass is 14.4. The van der Waals surface area contributed by atoms with Crippen molar-refractivity contribution < 1.29 is 0 Å². The lowest BCUT2D eigenvalue weighted by Crippen LogP contribution is -2.36. The van der Waals surface area contributed by atoms with Crippen molar-refractivity contribution in [3.05, 3.63) is 0 Å². The molecule has 88 valence electrons. The molecule has 5 unspecified atom stereocenters. The Bertz CT molecular complexity index is 206. The Hall–Kier alpha value is 0. The average Bonchev–Trinajstić information content (AvgIpc) is 2.15. The molecule has 5 atom stereocenters. The van der Waals surface area contributed by atoms with E-state index in [0.717, 1.165) is 35.5 Å². The highest BCUT2D eigenvalue weighted by Gasteiger charge is 2.38. The zero-order chi connectivity index (χ0) is 11.0. The van der Waals surface area contributed by atoms with E-state index in [1.807, 2.05) is 0 Å². The van der Waals surface area contributed by atoms with E-state index in [9.17, 15) is 0 Å². The van der Waals surface area contributed by atoms with Crippen LogP contribution in [-0.2, 0) is 0 Å². The maximum Gasteiger partial charge on any atom is -0.0360 e. The number of hydrogen-bond acceptors (Lipinski definition) is 0. The molecule has 2 saturated carbocycles. The Morgan fingerprint density at radius 3 is 2.00 bits per heavy atom. The summed E-state index contributed by atoms with van der Waals surface area (Å²) < 4.78 is 0. The van der Waals surface area contributed by atoms with E-state index in [4.69, 9.17) is 0 Å². The van der Waals surface area contributed by atoms with Crippen LogP contribution in [0.4, 0.5) is 0 Å². The second-order valence-corrected chi connectivity index (χ2v) is 6.68. The van der Waals surface area contributed by atoms with Gasteiger partial charge in [-0.05, 0) is 61.2 Å². The molecule has 2 fully saturated rings. The van der Waals surface area contributed by atoms with E-state index in [2.05, 4.69) is 27.7 Å². The van der Waals surface area contributed by atoms with E-state index in [1.54, 1.807) is 0 Å². The largest absolute Gasteiger partial charge is 0.0625 e. The minimum absolute atomic E-state index is 0.903. The second-order valence-electron chi connectivity index (χ2n) is 6.68. The Labute approximate surface area is 95.8 Å². The van der Waals surface area contributed by atoms with Gasteiger partial charge in [0.1, 0.15) is 0 Å². The van der Waals surface area contributed by atoms with E-state index < -0.39 is 0 Å². The molecule has 15 heavy (non-hydrogen) atoms. The van der Waals surface area contributed by atoms with Gasteiger partial charge in [-0.2, -0.15) is 0 Å². The zero-order valence-electron chi connectivity index (χ0n) is 11.0. The quantitative estimate of drug-likeness (QED) is 0.615. The Kier molecular flexibility index (Phi) is 3.42. The molecule has 0 saturated heterocycles. The van der Waals surface area contributed by atoms with Crippen molar-refractivity contribution >= 4 is 0 Å². The Morgan fingerprint density at radius 1 is 0.867 bits per heavy atom. The van der Waals surface area contributed by atoms with Crippen molar-refractivity contribution in [1.82, 2.24) is 0 Å². The summed E-state index contributed by atoms with van der Waals surface area (Å²) in [6.45, 7) is 9.79. The molecule has 0 N–H and O–H groups in total. The van der Waals surface area contributed by atoms with Crippen LogP contribution < -0.4 is 0 Å². The third-order valence-electron chi connectivity index (χ3n) is 5.42. The first-order chi connectivity index (χ1) is 7.09.